The lowest BCUT2D eigenvalue weighted by Gasteiger charge is -2.44. The van der Waals surface area contributed by atoms with Gasteiger partial charge in [0, 0.05) is 35.6 Å². The van der Waals surface area contributed by atoms with Gasteiger partial charge >= 0.3 is 0 Å². The van der Waals surface area contributed by atoms with Crippen LogP contribution in [0.1, 0.15) is 30.4 Å². The molecular formula is C16H20N2. The number of piperidine rings is 1. The highest BCUT2D eigenvalue weighted by atomic mass is 15.1. The Balaban J connectivity index is 1.92. The lowest BCUT2D eigenvalue weighted by molar-refractivity contribution is 0.119. The summed E-state index contributed by atoms with van der Waals surface area (Å²) in [5.74, 6) is 1.54. The summed E-state index contributed by atoms with van der Waals surface area (Å²) in [5.41, 5.74) is 4.42. The van der Waals surface area contributed by atoms with Gasteiger partial charge in [-0.15, -0.1) is 0 Å². The van der Waals surface area contributed by atoms with Crippen molar-refractivity contribution in [1.82, 2.24) is 9.88 Å². The van der Waals surface area contributed by atoms with E-state index in [1.165, 1.54) is 35.9 Å². The lowest BCUT2D eigenvalue weighted by atomic mass is 9.73. The molecular weight excluding hydrogens is 220 g/mol. The molecule has 3 atom stereocenters. The highest BCUT2D eigenvalue weighted by Gasteiger charge is 2.37. The van der Waals surface area contributed by atoms with Crippen molar-refractivity contribution in [3.63, 3.8) is 0 Å². The Morgan fingerprint density at radius 1 is 1.33 bits per heavy atom. The molecule has 0 saturated carbocycles. The van der Waals surface area contributed by atoms with Crippen LogP contribution in [0.25, 0.3) is 10.9 Å². The van der Waals surface area contributed by atoms with Gasteiger partial charge in [-0.05, 0) is 43.0 Å². The van der Waals surface area contributed by atoms with Crippen molar-refractivity contribution in [2.75, 3.05) is 13.6 Å². The summed E-state index contributed by atoms with van der Waals surface area (Å²) in [5, 5.41) is 1.52. The maximum atomic E-state index is 3.44. The maximum Gasteiger partial charge on any atom is 0.0459 e. The van der Waals surface area contributed by atoms with E-state index in [-0.39, 0.29) is 0 Å². The van der Waals surface area contributed by atoms with Crippen molar-refractivity contribution in [3.8, 4) is 0 Å². The van der Waals surface area contributed by atoms with Gasteiger partial charge in [-0.1, -0.05) is 19.1 Å². The van der Waals surface area contributed by atoms with Crippen LogP contribution in [0.2, 0.25) is 0 Å². The molecule has 1 aromatic heterocycles. The van der Waals surface area contributed by atoms with E-state index < -0.39 is 0 Å². The maximum absolute atomic E-state index is 3.44. The zero-order valence-electron chi connectivity index (χ0n) is 11.1. The minimum absolute atomic E-state index is 0.704. The summed E-state index contributed by atoms with van der Waals surface area (Å²) >= 11 is 0. The van der Waals surface area contributed by atoms with E-state index in [9.17, 15) is 0 Å². The fourth-order valence-corrected chi connectivity index (χ4v) is 4.21. The Labute approximate surface area is 108 Å². The second kappa shape index (κ2) is 3.61. The molecule has 2 heterocycles. The van der Waals surface area contributed by atoms with Crippen molar-refractivity contribution in [1.29, 1.82) is 0 Å². The standard InChI is InChI=1S/C16H20N2/c1-10-6-13-12-4-3-5-14-16(12)11(8-17-14)7-15(13)18(2)9-10/h3-5,8,10,13,15,17H,6-7,9H2,1-2H3/t10?,13-,15+/m1/s1. The fraction of sp³-hybridized carbons (Fsp3) is 0.500. The number of rotatable bonds is 0. The SMILES string of the molecule is CC1C[C@@H]2c3cccc4[nH]cc(c34)C[C@@H]2N(C)C1. The second-order valence-electron chi connectivity index (χ2n) is 6.24. The monoisotopic (exact) mass is 240 g/mol. The molecule has 1 saturated heterocycles. The number of H-pyrrole nitrogens is 1. The van der Waals surface area contributed by atoms with Gasteiger partial charge in [-0.3, -0.25) is 0 Å². The van der Waals surface area contributed by atoms with E-state index in [0.717, 1.165) is 11.8 Å². The van der Waals surface area contributed by atoms with E-state index in [1.54, 1.807) is 5.56 Å². The van der Waals surface area contributed by atoms with Crippen LogP contribution in [0.15, 0.2) is 24.4 Å². The number of nitrogens with zero attached hydrogens (tertiary/aromatic N) is 1. The Morgan fingerprint density at radius 3 is 3.11 bits per heavy atom. The number of aromatic nitrogens is 1. The average molecular weight is 240 g/mol. The first-order valence-corrected chi connectivity index (χ1v) is 7.03. The third-order valence-corrected chi connectivity index (χ3v) is 4.93. The van der Waals surface area contributed by atoms with Gasteiger partial charge in [0.15, 0.2) is 0 Å². The zero-order chi connectivity index (χ0) is 12.3. The number of hydrogen-bond acceptors (Lipinski definition) is 1. The molecule has 1 fully saturated rings. The van der Waals surface area contributed by atoms with Crippen molar-refractivity contribution >= 4 is 10.9 Å². The summed E-state index contributed by atoms with van der Waals surface area (Å²) < 4.78 is 0. The normalized spacial score (nSPS) is 31.6. The number of fused-ring (bicyclic) bond motifs is 2. The van der Waals surface area contributed by atoms with E-state index in [2.05, 4.69) is 48.3 Å². The topological polar surface area (TPSA) is 19.0 Å². The van der Waals surface area contributed by atoms with Gasteiger partial charge in [-0.2, -0.15) is 0 Å². The first kappa shape index (κ1) is 10.6. The van der Waals surface area contributed by atoms with Gasteiger partial charge in [0.1, 0.15) is 0 Å². The van der Waals surface area contributed by atoms with Crippen molar-refractivity contribution in [2.45, 2.75) is 31.7 Å². The van der Waals surface area contributed by atoms with Crippen LogP contribution in [0.5, 0.6) is 0 Å². The van der Waals surface area contributed by atoms with Gasteiger partial charge in [0.2, 0.25) is 0 Å². The van der Waals surface area contributed by atoms with E-state index >= 15 is 0 Å². The number of likely N-dealkylation sites (N-methyl/N-ethyl adjacent to an activating group) is 1. The Kier molecular flexibility index (Phi) is 2.13. The molecule has 0 spiro atoms. The quantitative estimate of drug-likeness (QED) is 0.749. The van der Waals surface area contributed by atoms with Crippen LogP contribution < -0.4 is 0 Å². The van der Waals surface area contributed by atoms with E-state index in [4.69, 9.17) is 0 Å². The highest BCUT2D eigenvalue weighted by molar-refractivity contribution is 5.88. The van der Waals surface area contributed by atoms with E-state index in [1.807, 2.05) is 0 Å². The molecule has 1 aliphatic heterocycles. The number of aromatic amines is 1. The first-order chi connectivity index (χ1) is 8.74. The molecule has 2 aromatic rings. The van der Waals surface area contributed by atoms with Crippen LogP contribution >= 0.6 is 0 Å². The largest absolute Gasteiger partial charge is 0.361 e. The second-order valence-corrected chi connectivity index (χ2v) is 6.24. The number of hydrogen-bond donors (Lipinski definition) is 1. The third-order valence-electron chi connectivity index (χ3n) is 4.93. The molecule has 1 N–H and O–H groups in total. The zero-order valence-corrected chi connectivity index (χ0v) is 11.1. The van der Waals surface area contributed by atoms with Crippen LogP contribution in [0.3, 0.4) is 0 Å². The van der Waals surface area contributed by atoms with E-state index in [0.29, 0.717) is 6.04 Å². The molecule has 2 heteroatoms. The summed E-state index contributed by atoms with van der Waals surface area (Å²) in [4.78, 5) is 6.01. The minimum atomic E-state index is 0.704. The third kappa shape index (κ3) is 1.33. The molecule has 94 valence electrons. The Hall–Kier alpha value is -1.28. The van der Waals surface area contributed by atoms with Gasteiger partial charge in [0.05, 0.1) is 0 Å². The molecule has 0 amide bonds. The summed E-state index contributed by atoms with van der Waals surface area (Å²) in [7, 11) is 2.30. The van der Waals surface area contributed by atoms with Crippen LogP contribution in [0.4, 0.5) is 0 Å². The summed E-state index contributed by atoms with van der Waals surface area (Å²) in [6.45, 7) is 3.64. The Bertz CT molecular complexity index is 598. The fourth-order valence-electron chi connectivity index (χ4n) is 4.21. The number of likely N-dealkylation sites (tertiary alicyclic amines) is 1. The molecule has 1 unspecified atom stereocenters. The smallest absolute Gasteiger partial charge is 0.0459 e. The number of nitrogens with one attached hydrogen (secondary N) is 1. The van der Waals surface area contributed by atoms with Crippen molar-refractivity contribution in [2.24, 2.45) is 5.92 Å². The van der Waals surface area contributed by atoms with Crippen LogP contribution in [-0.4, -0.2) is 29.5 Å². The molecule has 0 bridgehead atoms. The van der Waals surface area contributed by atoms with Crippen molar-refractivity contribution in [3.05, 3.63) is 35.5 Å². The van der Waals surface area contributed by atoms with Gasteiger partial charge < -0.3 is 9.88 Å². The molecule has 0 radical (unpaired) electrons. The average Bonchev–Trinajstić information content (AvgIpc) is 2.76. The Morgan fingerprint density at radius 2 is 2.22 bits per heavy atom. The highest BCUT2D eigenvalue weighted by Crippen LogP contribution is 2.43. The summed E-state index contributed by atoms with van der Waals surface area (Å²) in [6, 6.07) is 7.47. The lowest BCUT2D eigenvalue weighted by Crippen LogP contribution is -2.47. The van der Waals surface area contributed by atoms with Crippen LogP contribution in [-0.2, 0) is 6.42 Å². The molecule has 2 aliphatic rings. The van der Waals surface area contributed by atoms with Gasteiger partial charge in [0.25, 0.3) is 0 Å². The van der Waals surface area contributed by atoms with Crippen molar-refractivity contribution < 1.29 is 0 Å². The predicted molar refractivity (Wildman–Crippen MR) is 74.9 cm³/mol. The van der Waals surface area contributed by atoms with Gasteiger partial charge in [-0.25, -0.2) is 0 Å². The predicted octanol–water partition coefficient (Wildman–Crippen LogP) is 3.15. The number of benzene rings is 1. The molecule has 1 aliphatic carbocycles. The minimum Gasteiger partial charge on any atom is -0.361 e. The molecule has 1 aromatic carbocycles. The summed E-state index contributed by atoms with van der Waals surface area (Å²) in [6.07, 6.45) is 4.78. The molecule has 2 nitrogen and oxygen atoms in total. The van der Waals surface area contributed by atoms with Crippen LogP contribution in [0, 0.1) is 5.92 Å². The first-order valence-electron chi connectivity index (χ1n) is 7.03. The molecule has 4 rings (SSSR count). The molecule has 18 heavy (non-hydrogen) atoms.